The summed E-state index contributed by atoms with van der Waals surface area (Å²) >= 11 is 0. The smallest absolute Gasteiger partial charge is 0.350 e. The van der Waals surface area contributed by atoms with Crippen molar-refractivity contribution in [2.75, 3.05) is 0 Å². The molecule has 186 valence electrons. The summed E-state index contributed by atoms with van der Waals surface area (Å²) in [5.41, 5.74) is -9.58. The lowest BCUT2D eigenvalue weighted by Gasteiger charge is -2.47. The second-order valence-electron chi connectivity index (χ2n) is 11.4. The molecule has 12 heteroatoms. The summed E-state index contributed by atoms with van der Waals surface area (Å²) in [6.45, 7) is 7.70. The van der Waals surface area contributed by atoms with Crippen LogP contribution in [-0.4, -0.2) is 87.2 Å². The van der Waals surface area contributed by atoms with Gasteiger partial charge >= 0.3 is 23.9 Å². The van der Waals surface area contributed by atoms with E-state index < -0.39 is 100.0 Å². The highest BCUT2D eigenvalue weighted by atomic mass is 16.8. The van der Waals surface area contributed by atoms with Crippen molar-refractivity contribution in [1.29, 1.82) is 0 Å². The minimum absolute atomic E-state index is 0.836. The number of esters is 4. The van der Waals surface area contributed by atoms with Crippen LogP contribution in [0.25, 0.3) is 0 Å². The van der Waals surface area contributed by atoms with Gasteiger partial charge in [0.25, 0.3) is 0 Å². The molecule has 4 heterocycles. The van der Waals surface area contributed by atoms with Crippen molar-refractivity contribution in [2.24, 2.45) is 28.1 Å². The number of hydrogen-bond donors (Lipinski definition) is 3. The van der Waals surface area contributed by atoms with Gasteiger partial charge in [-0.2, -0.15) is 0 Å². The fraction of sp³-hybridized carbons (Fsp3) is 0.818. The Kier molecular flexibility index (Phi) is 3.75. The van der Waals surface area contributed by atoms with E-state index in [1.54, 1.807) is 20.8 Å². The van der Waals surface area contributed by atoms with E-state index >= 15 is 0 Å². The summed E-state index contributed by atoms with van der Waals surface area (Å²) in [7, 11) is 0. The summed E-state index contributed by atoms with van der Waals surface area (Å²) in [6.07, 6.45) is -9.68. The molecule has 6 aliphatic rings. The molecular weight excluding hydrogens is 456 g/mol. The van der Waals surface area contributed by atoms with Gasteiger partial charge in [-0.1, -0.05) is 20.8 Å². The lowest BCUT2D eigenvalue weighted by molar-refractivity contribution is -0.240. The van der Waals surface area contributed by atoms with E-state index in [9.17, 15) is 34.5 Å². The van der Waals surface area contributed by atoms with Crippen molar-refractivity contribution in [2.45, 2.75) is 82.6 Å². The van der Waals surface area contributed by atoms with E-state index in [-0.39, 0.29) is 0 Å². The molecule has 12 atom stereocenters. The molecular formula is C22H26O12. The maximum Gasteiger partial charge on any atom is 0.350 e. The van der Waals surface area contributed by atoms with Gasteiger partial charge in [-0.25, -0.2) is 9.59 Å². The number of ether oxygens (including phenoxy) is 5. The fourth-order valence-electron chi connectivity index (χ4n) is 8.55. The SMILES string of the molecule is CC(=O)O[C@H]1C(=O)O[C@H]2O[C@]34C(=O)O[C@@H]5[C@H](O)[C@@H](C(C)(C)C)C21C53[C@@H](O)[C@@H]1OC(=O)[C@@H](C)[C@@]14O. The highest BCUT2D eigenvalue weighted by molar-refractivity contribution is 5.94. The number of rotatable bonds is 1. The predicted molar refractivity (Wildman–Crippen MR) is 103 cm³/mol. The monoisotopic (exact) mass is 482 g/mol. The lowest BCUT2D eigenvalue weighted by Crippen LogP contribution is -2.67. The van der Waals surface area contributed by atoms with Gasteiger partial charge in [0.1, 0.15) is 17.6 Å². The van der Waals surface area contributed by atoms with Gasteiger partial charge in [0.05, 0.1) is 17.4 Å². The zero-order valence-corrected chi connectivity index (χ0v) is 19.1. The second kappa shape index (κ2) is 5.75. The van der Waals surface area contributed by atoms with Crippen molar-refractivity contribution < 1.29 is 58.2 Å². The number of fused-ring (bicyclic) bond motifs is 1. The van der Waals surface area contributed by atoms with E-state index in [1.807, 2.05) is 0 Å². The molecule has 0 aromatic heterocycles. The first-order chi connectivity index (χ1) is 15.7. The third-order valence-electron chi connectivity index (χ3n) is 9.21. The summed E-state index contributed by atoms with van der Waals surface area (Å²) in [4.78, 5) is 51.3. The van der Waals surface area contributed by atoms with Gasteiger partial charge < -0.3 is 39.0 Å². The molecule has 4 aliphatic heterocycles. The molecule has 2 unspecified atom stereocenters. The van der Waals surface area contributed by atoms with E-state index in [0.29, 0.717) is 0 Å². The standard InChI is InChI=1S/C22H26O12/c1-6-14(26)31-12-10(25)20-11-8(24)9(18(3,4)5)19(20)13(30-7(2)23)15(27)33-17(19)34-22(20,16(28)32-11)21(6,12)29/h6,8-13,17,24-25,29H,1-5H3/t6-,8-,9+,10+,11-,12+,13+,17+,19?,20?,21-,22-/m1/s1. The zero-order valence-electron chi connectivity index (χ0n) is 19.1. The first-order valence-electron chi connectivity index (χ1n) is 11.2. The molecule has 34 heavy (non-hydrogen) atoms. The maximum atomic E-state index is 13.6. The van der Waals surface area contributed by atoms with Gasteiger partial charge in [0.15, 0.2) is 11.7 Å². The van der Waals surface area contributed by atoms with Crippen LogP contribution >= 0.6 is 0 Å². The lowest BCUT2D eigenvalue weighted by atomic mass is 9.51. The Labute approximate surface area is 193 Å². The quantitative estimate of drug-likeness (QED) is 0.282. The largest absolute Gasteiger partial charge is 0.456 e. The summed E-state index contributed by atoms with van der Waals surface area (Å²) < 4.78 is 28.1. The second-order valence-corrected chi connectivity index (χ2v) is 11.4. The average molecular weight is 482 g/mol. The summed E-state index contributed by atoms with van der Waals surface area (Å²) in [5, 5.41) is 35.4. The van der Waals surface area contributed by atoms with Gasteiger partial charge in [-0.3, -0.25) is 9.59 Å². The molecule has 6 rings (SSSR count). The Hall–Kier alpha value is -2.28. The van der Waals surface area contributed by atoms with E-state index in [1.165, 1.54) is 6.92 Å². The van der Waals surface area contributed by atoms with Gasteiger partial charge in [0.2, 0.25) is 18.0 Å². The van der Waals surface area contributed by atoms with Crippen LogP contribution in [0.2, 0.25) is 0 Å². The van der Waals surface area contributed by atoms with Crippen LogP contribution in [-0.2, 0) is 42.9 Å². The van der Waals surface area contributed by atoms with Crippen LogP contribution in [0.5, 0.6) is 0 Å². The first kappa shape index (κ1) is 22.2. The molecule has 12 nitrogen and oxygen atoms in total. The maximum absolute atomic E-state index is 13.6. The molecule has 2 spiro atoms. The zero-order chi connectivity index (χ0) is 25.0. The van der Waals surface area contributed by atoms with Crippen LogP contribution in [0.15, 0.2) is 0 Å². The number of hydrogen-bond acceptors (Lipinski definition) is 12. The molecule has 2 saturated carbocycles. The molecule has 0 aromatic carbocycles. The highest BCUT2D eigenvalue weighted by Gasteiger charge is 3.05. The van der Waals surface area contributed by atoms with Crippen LogP contribution in [0.3, 0.4) is 0 Å². The number of aliphatic hydroxyl groups is 3. The minimum Gasteiger partial charge on any atom is -0.456 e. The first-order valence-corrected chi connectivity index (χ1v) is 11.2. The third-order valence-corrected chi connectivity index (χ3v) is 9.21. The minimum atomic E-state index is -2.44. The molecule has 0 radical (unpaired) electrons. The van der Waals surface area contributed by atoms with Crippen molar-refractivity contribution in [3.8, 4) is 0 Å². The molecule has 0 aromatic rings. The molecule has 4 saturated heterocycles. The Balaban J connectivity index is 1.74. The summed E-state index contributed by atoms with van der Waals surface area (Å²) in [5.74, 6) is -6.12. The molecule has 0 bridgehead atoms. The van der Waals surface area contributed by atoms with Gasteiger partial charge in [-0.15, -0.1) is 0 Å². The van der Waals surface area contributed by atoms with Crippen molar-refractivity contribution >= 4 is 23.9 Å². The molecule has 0 amide bonds. The fourth-order valence-corrected chi connectivity index (χ4v) is 8.55. The molecule has 6 fully saturated rings. The predicted octanol–water partition coefficient (Wildman–Crippen LogP) is -1.83. The van der Waals surface area contributed by atoms with Crippen LogP contribution < -0.4 is 0 Å². The van der Waals surface area contributed by atoms with Crippen molar-refractivity contribution in [3.05, 3.63) is 0 Å². The van der Waals surface area contributed by atoms with Crippen LogP contribution in [0.4, 0.5) is 0 Å². The third kappa shape index (κ3) is 1.71. The van der Waals surface area contributed by atoms with Crippen LogP contribution in [0, 0.1) is 28.1 Å². The van der Waals surface area contributed by atoms with Gasteiger partial charge in [-0.05, 0) is 12.3 Å². The van der Waals surface area contributed by atoms with Gasteiger partial charge in [0, 0.05) is 12.8 Å². The van der Waals surface area contributed by atoms with E-state index in [4.69, 9.17) is 23.7 Å². The number of carbonyl (C=O) groups is 4. The van der Waals surface area contributed by atoms with Crippen LogP contribution in [0.1, 0.15) is 34.6 Å². The Morgan fingerprint density at radius 3 is 2.26 bits per heavy atom. The number of carbonyl (C=O) groups excluding carboxylic acids is 4. The van der Waals surface area contributed by atoms with E-state index in [0.717, 1.165) is 6.92 Å². The average Bonchev–Trinajstić information content (AvgIpc) is 3.40. The Bertz CT molecular complexity index is 1060. The normalized spacial score (nSPS) is 56.4. The topological polar surface area (TPSA) is 175 Å². The molecule has 2 aliphatic carbocycles. The number of aliphatic hydroxyl groups excluding tert-OH is 2. The highest BCUT2D eigenvalue weighted by Crippen LogP contribution is 2.84. The summed E-state index contributed by atoms with van der Waals surface area (Å²) in [6, 6.07) is 0. The van der Waals surface area contributed by atoms with Crippen molar-refractivity contribution in [1.82, 2.24) is 0 Å². The Morgan fingerprint density at radius 1 is 1.03 bits per heavy atom. The van der Waals surface area contributed by atoms with E-state index in [2.05, 4.69) is 0 Å². The molecule has 3 N–H and O–H groups in total. The van der Waals surface area contributed by atoms with Crippen molar-refractivity contribution in [3.63, 3.8) is 0 Å². The Morgan fingerprint density at radius 2 is 1.68 bits per heavy atom.